The van der Waals surface area contributed by atoms with Gasteiger partial charge in [0.25, 0.3) is 0 Å². The van der Waals surface area contributed by atoms with Gasteiger partial charge in [0.1, 0.15) is 0 Å². The van der Waals surface area contributed by atoms with Gasteiger partial charge in [-0.3, -0.25) is 4.79 Å². The van der Waals surface area contributed by atoms with Gasteiger partial charge in [0, 0.05) is 18.3 Å². The average Bonchev–Trinajstić information content (AvgIpc) is 2.63. The molecular weight excluding hydrogens is 212 g/mol. The van der Waals surface area contributed by atoms with E-state index in [1.165, 1.54) is 0 Å². The molecule has 0 fully saturated rings. The highest BCUT2D eigenvalue weighted by molar-refractivity contribution is 7.09. The highest BCUT2D eigenvalue weighted by atomic mass is 32.1. The topological polar surface area (TPSA) is 51.2 Å². The second kappa shape index (κ2) is 6.53. The fourth-order valence-corrected chi connectivity index (χ4v) is 1.93. The van der Waals surface area contributed by atoms with Crippen LogP contribution < -0.4 is 5.32 Å². The van der Waals surface area contributed by atoms with Gasteiger partial charge >= 0.3 is 5.97 Å². The van der Waals surface area contributed by atoms with Gasteiger partial charge in [-0.25, -0.2) is 4.98 Å². The minimum Gasteiger partial charge on any atom is -0.466 e. The second-order valence-electron chi connectivity index (χ2n) is 3.07. The zero-order valence-corrected chi connectivity index (χ0v) is 9.89. The largest absolute Gasteiger partial charge is 0.466 e. The van der Waals surface area contributed by atoms with Crippen LogP contribution in [0.25, 0.3) is 0 Å². The van der Waals surface area contributed by atoms with Gasteiger partial charge in [-0.15, -0.1) is 11.3 Å². The van der Waals surface area contributed by atoms with Crippen molar-refractivity contribution in [2.45, 2.75) is 19.8 Å². The predicted molar refractivity (Wildman–Crippen MR) is 60.1 cm³/mol. The lowest BCUT2D eigenvalue weighted by molar-refractivity contribution is -0.142. The Labute approximate surface area is 93.7 Å². The number of carbonyl (C=O) groups is 1. The Kier molecular flexibility index (Phi) is 5.28. The SMILES string of the molecule is CCOC(=O)Cc1csc(CCNC)n1. The first kappa shape index (κ1) is 12.1. The molecule has 1 N–H and O–H groups in total. The zero-order chi connectivity index (χ0) is 11.1. The lowest BCUT2D eigenvalue weighted by atomic mass is 10.3. The molecule has 0 amide bonds. The van der Waals surface area contributed by atoms with Crippen LogP contribution in [0.3, 0.4) is 0 Å². The van der Waals surface area contributed by atoms with Crippen molar-refractivity contribution in [3.8, 4) is 0 Å². The molecule has 0 unspecified atom stereocenters. The lowest BCUT2D eigenvalue weighted by Gasteiger charge is -1.98. The van der Waals surface area contributed by atoms with Gasteiger partial charge in [0.15, 0.2) is 0 Å². The Morgan fingerprint density at radius 3 is 3.13 bits per heavy atom. The molecule has 0 aromatic carbocycles. The van der Waals surface area contributed by atoms with E-state index >= 15 is 0 Å². The molecule has 0 radical (unpaired) electrons. The van der Waals surface area contributed by atoms with Crippen molar-refractivity contribution in [3.63, 3.8) is 0 Å². The summed E-state index contributed by atoms with van der Waals surface area (Å²) in [6.45, 7) is 3.14. The number of thiazole rings is 1. The Hall–Kier alpha value is -0.940. The third-order valence-electron chi connectivity index (χ3n) is 1.82. The summed E-state index contributed by atoms with van der Waals surface area (Å²) in [7, 11) is 1.91. The van der Waals surface area contributed by atoms with E-state index in [1.54, 1.807) is 18.3 Å². The summed E-state index contributed by atoms with van der Waals surface area (Å²) >= 11 is 1.59. The quantitative estimate of drug-likeness (QED) is 0.738. The van der Waals surface area contributed by atoms with E-state index in [0.717, 1.165) is 23.7 Å². The van der Waals surface area contributed by atoms with E-state index in [0.29, 0.717) is 6.61 Å². The zero-order valence-electron chi connectivity index (χ0n) is 9.08. The number of hydrogen-bond donors (Lipinski definition) is 1. The maximum absolute atomic E-state index is 11.2. The van der Waals surface area contributed by atoms with Crippen molar-refractivity contribution >= 4 is 17.3 Å². The van der Waals surface area contributed by atoms with Gasteiger partial charge in [-0.2, -0.15) is 0 Å². The smallest absolute Gasteiger partial charge is 0.311 e. The van der Waals surface area contributed by atoms with E-state index < -0.39 is 0 Å². The fourth-order valence-electron chi connectivity index (χ4n) is 1.14. The first-order chi connectivity index (χ1) is 7.26. The van der Waals surface area contributed by atoms with Crippen LogP contribution in [-0.4, -0.2) is 31.2 Å². The highest BCUT2D eigenvalue weighted by Crippen LogP contribution is 2.11. The minimum absolute atomic E-state index is 0.206. The fraction of sp³-hybridized carbons (Fsp3) is 0.600. The van der Waals surface area contributed by atoms with E-state index in [1.807, 2.05) is 12.4 Å². The van der Waals surface area contributed by atoms with Gasteiger partial charge in [-0.05, 0) is 14.0 Å². The molecule has 4 nitrogen and oxygen atoms in total. The molecule has 0 aliphatic heterocycles. The summed E-state index contributed by atoms with van der Waals surface area (Å²) in [6, 6.07) is 0. The Morgan fingerprint density at radius 1 is 1.67 bits per heavy atom. The van der Waals surface area contributed by atoms with Crippen LogP contribution in [0, 0.1) is 0 Å². The average molecular weight is 228 g/mol. The molecule has 15 heavy (non-hydrogen) atoms. The lowest BCUT2D eigenvalue weighted by Crippen LogP contribution is -2.10. The number of carbonyl (C=O) groups excluding carboxylic acids is 1. The minimum atomic E-state index is -0.206. The third kappa shape index (κ3) is 4.40. The van der Waals surface area contributed by atoms with Crippen LogP contribution in [0.1, 0.15) is 17.6 Å². The number of esters is 1. The van der Waals surface area contributed by atoms with Gasteiger partial charge in [0.2, 0.25) is 0 Å². The Balaban J connectivity index is 2.42. The van der Waals surface area contributed by atoms with E-state index in [-0.39, 0.29) is 12.4 Å². The summed E-state index contributed by atoms with van der Waals surface area (Å²) in [5.74, 6) is -0.206. The molecule has 1 rings (SSSR count). The molecule has 1 aromatic heterocycles. The Morgan fingerprint density at radius 2 is 2.47 bits per heavy atom. The predicted octanol–water partition coefficient (Wildman–Crippen LogP) is 1.01. The number of hydrogen-bond acceptors (Lipinski definition) is 5. The molecule has 5 heteroatoms. The van der Waals surface area contributed by atoms with Crippen molar-refractivity contribution in [1.29, 1.82) is 0 Å². The molecule has 1 heterocycles. The maximum Gasteiger partial charge on any atom is 0.311 e. The van der Waals surface area contributed by atoms with Gasteiger partial charge in [-0.1, -0.05) is 0 Å². The van der Waals surface area contributed by atoms with Gasteiger partial charge < -0.3 is 10.1 Å². The van der Waals surface area contributed by atoms with Gasteiger partial charge in [0.05, 0.1) is 23.7 Å². The van der Waals surface area contributed by atoms with Crippen LogP contribution in [0.15, 0.2) is 5.38 Å². The molecule has 0 aliphatic carbocycles. The standard InChI is InChI=1S/C10H16N2O2S/c1-3-14-10(13)6-8-7-15-9(12-8)4-5-11-2/h7,11H,3-6H2,1-2H3. The molecule has 0 saturated carbocycles. The van der Waals surface area contributed by atoms with Crippen molar-refractivity contribution in [2.75, 3.05) is 20.2 Å². The number of ether oxygens (including phenoxy) is 1. The molecule has 0 saturated heterocycles. The second-order valence-corrected chi connectivity index (χ2v) is 4.01. The first-order valence-corrected chi connectivity index (χ1v) is 5.87. The van der Waals surface area contributed by atoms with Crippen LogP contribution in [0.4, 0.5) is 0 Å². The van der Waals surface area contributed by atoms with Crippen LogP contribution in [0.2, 0.25) is 0 Å². The van der Waals surface area contributed by atoms with Crippen LogP contribution >= 0.6 is 11.3 Å². The third-order valence-corrected chi connectivity index (χ3v) is 2.78. The summed E-state index contributed by atoms with van der Waals surface area (Å²) in [6.07, 6.45) is 1.19. The highest BCUT2D eigenvalue weighted by Gasteiger charge is 2.07. The molecule has 1 aromatic rings. The monoisotopic (exact) mass is 228 g/mol. The van der Waals surface area contributed by atoms with Crippen molar-refractivity contribution < 1.29 is 9.53 Å². The number of aromatic nitrogens is 1. The molecule has 0 atom stereocenters. The van der Waals surface area contributed by atoms with E-state index in [9.17, 15) is 4.79 Å². The maximum atomic E-state index is 11.2. The van der Waals surface area contributed by atoms with E-state index in [2.05, 4.69) is 10.3 Å². The van der Waals surface area contributed by atoms with Crippen LogP contribution in [0.5, 0.6) is 0 Å². The molecule has 0 spiro atoms. The van der Waals surface area contributed by atoms with Crippen LogP contribution in [-0.2, 0) is 22.4 Å². The van der Waals surface area contributed by atoms with E-state index in [4.69, 9.17) is 4.74 Å². The number of rotatable bonds is 6. The Bertz CT molecular complexity index is 312. The first-order valence-electron chi connectivity index (χ1n) is 4.99. The summed E-state index contributed by atoms with van der Waals surface area (Å²) in [4.78, 5) is 15.5. The number of likely N-dealkylation sites (N-methyl/N-ethyl adjacent to an activating group) is 1. The molecular formula is C10H16N2O2S. The summed E-state index contributed by atoms with van der Waals surface area (Å²) in [5, 5.41) is 6.04. The molecule has 0 bridgehead atoms. The molecule has 84 valence electrons. The van der Waals surface area contributed by atoms with Crippen molar-refractivity contribution in [1.82, 2.24) is 10.3 Å². The normalized spacial score (nSPS) is 10.3. The number of nitrogens with one attached hydrogen (secondary N) is 1. The number of nitrogens with zero attached hydrogens (tertiary/aromatic N) is 1. The summed E-state index contributed by atoms with van der Waals surface area (Å²) < 4.78 is 4.85. The molecule has 0 aliphatic rings. The van der Waals surface area contributed by atoms with Crippen molar-refractivity contribution in [3.05, 3.63) is 16.1 Å². The van der Waals surface area contributed by atoms with Crippen molar-refractivity contribution in [2.24, 2.45) is 0 Å². The summed E-state index contributed by atoms with van der Waals surface area (Å²) in [5.41, 5.74) is 0.810.